The van der Waals surface area contributed by atoms with Crippen LogP contribution in [0.15, 0.2) is 22.7 Å². The molecule has 1 saturated heterocycles. The van der Waals surface area contributed by atoms with Gasteiger partial charge in [0.2, 0.25) is 0 Å². The lowest BCUT2D eigenvalue weighted by molar-refractivity contribution is 0.0697. The molecular formula is C16H18FN3O4. The number of anilines is 1. The molecule has 3 N–H and O–H groups in total. The van der Waals surface area contributed by atoms with Gasteiger partial charge in [0.15, 0.2) is 28.7 Å². The van der Waals surface area contributed by atoms with Crippen LogP contribution >= 0.6 is 0 Å². The van der Waals surface area contributed by atoms with Crippen molar-refractivity contribution in [3.8, 4) is 17.1 Å². The van der Waals surface area contributed by atoms with Crippen LogP contribution < -0.4 is 15.4 Å². The Hall–Kier alpha value is -2.61. The van der Waals surface area contributed by atoms with Gasteiger partial charge in [0.25, 0.3) is 0 Å². The molecule has 0 unspecified atom stereocenters. The first-order valence-electron chi connectivity index (χ1n) is 7.58. The topological polar surface area (TPSA) is 102 Å². The van der Waals surface area contributed by atoms with Gasteiger partial charge >= 0.3 is 5.97 Å². The Kier molecular flexibility index (Phi) is 4.39. The van der Waals surface area contributed by atoms with Crippen LogP contribution in [0.25, 0.3) is 11.3 Å². The molecule has 1 aliphatic rings. The van der Waals surface area contributed by atoms with Gasteiger partial charge in [-0.2, -0.15) is 0 Å². The molecule has 128 valence electrons. The van der Waals surface area contributed by atoms with Crippen LogP contribution in [0.1, 0.15) is 23.2 Å². The number of carboxylic acid groups (broad SMARTS) is 1. The number of rotatable bonds is 4. The van der Waals surface area contributed by atoms with E-state index in [4.69, 9.17) is 15.0 Å². The molecule has 0 saturated carbocycles. The summed E-state index contributed by atoms with van der Waals surface area (Å²) in [6, 6.07) is 4.13. The highest BCUT2D eigenvalue weighted by Crippen LogP contribution is 2.34. The first-order valence-corrected chi connectivity index (χ1v) is 7.58. The first kappa shape index (κ1) is 16.3. The maximum atomic E-state index is 13.6. The number of hydrogen-bond acceptors (Lipinski definition) is 6. The van der Waals surface area contributed by atoms with Gasteiger partial charge in [0, 0.05) is 24.7 Å². The van der Waals surface area contributed by atoms with E-state index in [-0.39, 0.29) is 28.9 Å². The van der Waals surface area contributed by atoms with Crippen LogP contribution in [0, 0.1) is 5.82 Å². The Labute approximate surface area is 137 Å². The lowest BCUT2D eigenvalue weighted by Crippen LogP contribution is -2.40. The second-order valence-corrected chi connectivity index (χ2v) is 5.69. The third-order valence-corrected chi connectivity index (χ3v) is 4.14. The van der Waals surface area contributed by atoms with Crippen LogP contribution in [0.5, 0.6) is 5.75 Å². The Morgan fingerprint density at radius 1 is 1.46 bits per heavy atom. The largest absolute Gasteiger partial charge is 0.494 e. The molecule has 1 aromatic heterocycles. The number of benzene rings is 1. The van der Waals surface area contributed by atoms with E-state index in [1.807, 2.05) is 4.90 Å². The number of hydrogen-bond donors (Lipinski definition) is 2. The minimum atomic E-state index is -1.15. The number of carbonyl (C=O) groups is 1. The third-order valence-electron chi connectivity index (χ3n) is 4.14. The SMILES string of the molecule is COc1cc(-c2onc(N3CCC(N)CC3)c2C(=O)O)ccc1F. The average Bonchev–Trinajstić information content (AvgIpc) is 3.01. The number of methoxy groups -OCH3 is 1. The van der Waals surface area contributed by atoms with E-state index in [9.17, 15) is 14.3 Å². The summed E-state index contributed by atoms with van der Waals surface area (Å²) in [7, 11) is 1.34. The van der Waals surface area contributed by atoms with E-state index < -0.39 is 11.8 Å². The van der Waals surface area contributed by atoms with E-state index in [1.165, 1.54) is 25.3 Å². The number of nitrogens with two attached hydrogens (primary N) is 1. The molecule has 1 fully saturated rings. The molecule has 0 radical (unpaired) electrons. The molecule has 2 heterocycles. The standard InChI is InChI=1S/C16H18FN3O4/c1-23-12-8-9(2-3-11(12)17)14-13(16(21)22)15(19-24-14)20-6-4-10(18)5-7-20/h2-3,8,10H,4-7,18H2,1H3,(H,21,22). The Balaban J connectivity index is 2.02. The van der Waals surface area contributed by atoms with Crippen molar-refractivity contribution in [2.24, 2.45) is 5.73 Å². The summed E-state index contributed by atoms with van der Waals surface area (Å²) in [5.41, 5.74) is 6.22. The highest BCUT2D eigenvalue weighted by molar-refractivity contribution is 5.99. The zero-order valence-corrected chi connectivity index (χ0v) is 13.2. The number of nitrogens with zero attached hydrogens (tertiary/aromatic N) is 2. The monoisotopic (exact) mass is 335 g/mol. The van der Waals surface area contributed by atoms with Gasteiger partial charge in [0.05, 0.1) is 7.11 Å². The van der Waals surface area contributed by atoms with E-state index in [2.05, 4.69) is 5.16 Å². The molecule has 1 aliphatic heterocycles. The maximum Gasteiger partial charge on any atom is 0.343 e. The summed E-state index contributed by atoms with van der Waals surface area (Å²) in [5, 5.41) is 13.5. The lowest BCUT2D eigenvalue weighted by atomic mass is 10.0. The maximum absolute atomic E-state index is 13.6. The van der Waals surface area contributed by atoms with Gasteiger partial charge in [-0.25, -0.2) is 9.18 Å². The highest BCUT2D eigenvalue weighted by Gasteiger charge is 2.29. The molecule has 7 nitrogen and oxygen atoms in total. The second-order valence-electron chi connectivity index (χ2n) is 5.69. The van der Waals surface area contributed by atoms with Gasteiger partial charge in [-0.3, -0.25) is 0 Å². The minimum absolute atomic E-state index is 0.00531. The molecule has 24 heavy (non-hydrogen) atoms. The first-order chi connectivity index (χ1) is 11.5. The zero-order valence-electron chi connectivity index (χ0n) is 13.2. The van der Waals surface area contributed by atoms with Crippen molar-refractivity contribution in [1.29, 1.82) is 0 Å². The highest BCUT2D eigenvalue weighted by atomic mass is 19.1. The molecule has 2 aromatic rings. The number of aromatic carboxylic acids is 1. The van der Waals surface area contributed by atoms with Crippen molar-refractivity contribution in [3.05, 3.63) is 29.6 Å². The van der Waals surface area contributed by atoms with E-state index in [0.29, 0.717) is 18.7 Å². The third kappa shape index (κ3) is 2.92. The molecular weight excluding hydrogens is 317 g/mol. The van der Waals surface area contributed by atoms with E-state index in [0.717, 1.165) is 12.8 Å². The number of aromatic nitrogens is 1. The van der Waals surface area contributed by atoms with Crippen molar-refractivity contribution < 1.29 is 23.6 Å². The lowest BCUT2D eigenvalue weighted by Gasteiger charge is -2.30. The number of carboxylic acids is 1. The fourth-order valence-corrected chi connectivity index (χ4v) is 2.80. The fraction of sp³-hybridized carbons (Fsp3) is 0.375. The normalized spacial score (nSPS) is 15.5. The Morgan fingerprint density at radius 2 is 2.17 bits per heavy atom. The predicted octanol–water partition coefficient (Wildman–Crippen LogP) is 2.11. The summed E-state index contributed by atoms with van der Waals surface area (Å²) in [6.45, 7) is 1.22. The second kappa shape index (κ2) is 6.48. The Bertz CT molecular complexity index is 754. The molecule has 8 heteroatoms. The summed E-state index contributed by atoms with van der Waals surface area (Å²) in [5.74, 6) is -1.34. The summed E-state index contributed by atoms with van der Waals surface area (Å²) in [4.78, 5) is 13.6. The fourth-order valence-electron chi connectivity index (χ4n) is 2.80. The summed E-state index contributed by atoms with van der Waals surface area (Å²) < 4.78 is 23.8. The van der Waals surface area contributed by atoms with Gasteiger partial charge in [-0.1, -0.05) is 5.16 Å². The van der Waals surface area contributed by atoms with Crippen LogP contribution in [-0.4, -0.2) is 42.5 Å². The van der Waals surface area contributed by atoms with Gasteiger partial charge in [0.1, 0.15) is 0 Å². The molecule has 0 bridgehead atoms. The molecule has 1 aromatic carbocycles. The van der Waals surface area contributed by atoms with Crippen LogP contribution in [0.2, 0.25) is 0 Å². The van der Waals surface area contributed by atoms with Crippen molar-refractivity contribution in [1.82, 2.24) is 5.16 Å². The number of piperidine rings is 1. The summed E-state index contributed by atoms with van der Waals surface area (Å²) >= 11 is 0. The predicted molar refractivity (Wildman–Crippen MR) is 84.8 cm³/mol. The quantitative estimate of drug-likeness (QED) is 0.882. The molecule has 0 spiro atoms. The van der Waals surface area contributed by atoms with Crippen LogP contribution in [-0.2, 0) is 0 Å². The summed E-state index contributed by atoms with van der Waals surface area (Å²) in [6.07, 6.45) is 1.51. The zero-order chi connectivity index (χ0) is 17.3. The number of halogens is 1. The smallest absolute Gasteiger partial charge is 0.343 e. The minimum Gasteiger partial charge on any atom is -0.494 e. The Morgan fingerprint density at radius 3 is 2.79 bits per heavy atom. The van der Waals surface area contributed by atoms with Crippen molar-refractivity contribution in [3.63, 3.8) is 0 Å². The van der Waals surface area contributed by atoms with Gasteiger partial charge < -0.3 is 25.0 Å². The van der Waals surface area contributed by atoms with E-state index in [1.54, 1.807) is 0 Å². The van der Waals surface area contributed by atoms with Crippen molar-refractivity contribution >= 4 is 11.8 Å². The molecule has 3 rings (SSSR count). The van der Waals surface area contributed by atoms with Gasteiger partial charge in [-0.15, -0.1) is 0 Å². The van der Waals surface area contributed by atoms with E-state index >= 15 is 0 Å². The van der Waals surface area contributed by atoms with Crippen molar-refractivity contribution in [2.45, 2.75) is 18.9 Å². The average molecular weight is 335 g/mol. The number of ether oxygens (including phenoxy) is 1. The van der Waals surface area contributed by atoms with Crippen LogP contribution in [0.4, 0.5) is 10.2 Å². The van der Waals surface area contributed by atoms with Crippen molar-refractivity contribution in [2.75, 3.05) is 25.1 Å². The molecule has 0 atom stereocenters. The van der Waals surface area contributed by atoms with Crippen LogP contribution in [0.3, 0.4) is 0 Å². The molecule has 0 amide bonds. The molecule has 0 aliphatic carbocycles. The van der Waals surface area contributed by atoms with Gasteiger partial charge in [-0.05, 0) is 31.0 Å².